The number of hydrogen-bond acceptors (Lipinski definition) is 3. The summed E-state index contributed by atoms with van der Waals surface area (Å²) in [5.41, 5.74) is 1.86. The summed E-state index contributed by atoms with van der Waals surface area (Å²) < 4.78 is 5.82. The molecule has 1 N–H and O–H groups in total. The van der Waals surface area contributed by atoms with Gasteiger partial charge in [0, 0.05) is 18.3 Å². The van der Waals surface area contributed by atoms with Gasteiger partial charge in [0.15, 0.2) is 0 Å². The van der Waals surface area contributed by atoms with Crippen molar-refractivity contribution in [2.75, 3.05) is 0 Å². The maximum Gasteiger partial charge on any atom is 0.407 e. The van der Waals surface area contributed by atoms with Crippen LogP contribution in [0, 0.1) is 0 Å². The van der Waals surface area contributed by atoms with Gasteiger partial charge in [-0.05, 0) is 27.6 Å². The smallest absolute Gasteiger partial charge is 0.407 e. The van der Waals surface area contributed by atoms with Crippen molar-refractivity contribution >= 4 is 22.0 Å². The van der Waals surface area contributed by atoms with Crippen molar-refractivity contribution < 1.29 is 9.53 Å². The predicted molar refractivity (Wildman–Crippen MR) is 75.4 cm³/mol. The molecule has 19 heavy (non-hydrogen) atoms. The highest BCUT2D eigenvalue weighted by molar-refractivity contribution is 9.10. The Labute approximate surface area is 119 Å². The Bertz CT molecular complexity index is 546. The molecule has 0 aliphatic rings. The van der Waals surface area contributed by atoms with Gasteiger partial charge in [0.05, 0.1) is 0 Å². The first kappa shape index (κ1) is 13.5. The van der Waals surface area contributed by atoms with Crippen LogP contribution in [0.3, 0.4) is 0 Å². The number of carbonyl (C=O) groups is 1. The topological polar surface area (TPSA) is 51.2 Å². The number of aromatic nitrogens is 1. The molecule has 0 atom stereocenters. The zero-order valence-electron chi connectivity index (χ0n) is 10.2. The van der Waals surface area contributed by atoms with Crippen LogP contribution in [0.4, 0.5) is 4.79 Å². The van der Waals surface area contributed by atoms with Gasteiger partial charge in [0.25, 0.3) is 0 Å². The van der Waals surface area contributed by atoms with E-state index in [1.54, 1.807) is 6.20 Å². The number of hydrogen-bond donors (Lipinski definition) is 1. The number of benzene rings is 1. The Balaban J connectivity index is 1.78. The van der Waals surface area contributed by atoms with E-state index in [1.807, 2.05) is 42.5 Å². The Kier molecular flexibility index (Phi) is 4.92. The SMILES string of the molecule is O=C(NCc1cccnc1Br)OCc1ccccc1. The Morgan fingerprint density at radius 3 is 2.74 bits per heavy atom. The lowest BCUT2D eigenvalue weighted by molar-refractivity contribution is 0.139. The molecule has 1 amide bonds. The van der Waals surface area contributed by atoms with Crippen LogP contribution < -0.4 is 5.32 Å². The lowest BCUT2D eigenvalue weighted by atomic mass is 10.2. The van der Waals surface area contributed by atoms with Crippen LogP contribution in [0.2, 0.25) is 0 Å². The third-order valence-electron chi connectivity index (χ3n) is 2.47. The van der Waals surface area contributed by atoms with Gasteiger partial charge in [0.1, 0.15) is 11.2 Å². The molecule has 4 nitrogen and oxygen atoms in total. The highest BCUT2D eigenvalue weighted by Crippen LogP contribution is 2.11. The van der Waals surface area contributed by atoms with Crippen LogP contribution >= 0.6 is 15.9 Å². The second-order valence-electron chi connectivity index (χ2n) is 3.87. The molecule has 2 rings (SSSR count). The fourth-order valence-electron chi connectivity index (χ4n) is 1.49. The maximum absolute atomic E-state index is 11.5. The summed E-state index contributed by atoms with van der Waals surface area (Å²) in [6.07, 6.45) is 1.24. The summed E-state index contributed by atoms with van der Waals surface area (Å²) in [5.74, 6) is 0. The summed E-state index contributed by atoms with van der Waals surface area (Å²) in [7, 11) is 0. The molecule has 2 aromatic rings. The van der Waals surface area contributed by atoms with E-state index in [4.69, 9.17) is 4.74 Å². The molecular formula is C14H13BrN2O2. The number of rotatable bonds is 4. The minimum absolute atomic E-state index is 0.265. The van der Waals surface area contributed by atoms with Gasteiger partial charge in [-0.2, -0.15) is 0 Å². The minimum atomic E-state index is -0.445. The molecule has 0 aliphatic carbocycles. The second-order valence-corrected chi connectivity index (χ2v) is 4.62. The van der Waals surface area contributed by atoms with Crippen molar-refractivity contribution in [1.29, 1.82) is 0 Å². The average Bonchev–Trinajstić information content (AvgIpc) is 2.45. The Morgan fingerprint density at radius 2 is 2.00 bits per heavy atom. The molecule has 0 saturated carbocycles. The van der Waals surface area contributed by atoms with Gasteiger partial charge >= 0.3 is 6.09 Å². The van der Waals surface area contributed by atoms with Gasteiger partial charge in [-0.1, -0.05) is 36.4 Å². The monoisotopic (exact) mass is 320 g/mol. The van der Waals surface area contributed by atoms with Crippen molar-refractivity contribution in [3.8, 4) is 0 Å². The lowest BCUT2D eigenvalue weighted by Gasteiger charge is -2.07. The fraction of sp³-hybridized carbons (Fsp3) is 0.143. The van der Waals surface area contributed by atoms with Crippen molar-refractivity contribution in [3.05, 3.63) is 64.4 Å². The molecule has 0 aliphatic heterocycles. The number of carbonyl (C=O) groups excluding carboxylic acids is 1. The molecule has 0 spiro atoms. The zero-order valence-corrected chi connectivity index (χ0v) is 11.8. The molecule has 1 heterocycles. The lowest BCUT2D eigenvalue weighted by Crippen LogP contribution is -2.23. The number of nitrogens with zero attached hydrogens (tertiary/aromatic N) is 1. The first-order valence-electron chi connectivity index (χ1n) is 5.79. The molecular weight excluding hydrogens is 308 g/mol. The Hall–Kier alpha value is -1.88. The highest BCUT2D eigenvalue weighted by atomic mass is 79.9. The van der Waals surface area contributed by atoms with Gasteiger partial charge in [-0.15, -0.1) is 0 Å². The summed E-state index contributed by atoms with van der Waals surface area (Å²) in [6.45, 7) is 0.642. The van der Waals surface area contributed by atoms with Crippen LogP contribution in [0.5, 0.6) is 0 Å². The molecule has 0 bridgehead atoms. The zero-order chi connectivity index (χ0) is 13.5. The van der Waals surface area contributed by atoms with E-state index in [0.717, 1.165) is 15.7 Å². The van der Waals surface area contributed by atoms with E-state index in [2.05, 4.69) is 26.2 Å². The Morgan fingerprint density at radius 1 is 1.21 bits per heavy atom. The van der Waals surface area contributed by atoms with E-state index in [-0.39, 0.29) is 6.61 Å². The van der Waals surface area contributed by atoms with E-state index in [1.165, 1.54) is 0 Å². The van der Waals surface area contributed by atoms with E-state index in [9.17, 15) is 4.79 Å². The van der Waals surface area contributed by atoms with Gasteiger partial charge < -0.3 is 10.1 Å². The summed E-state index contributed by atoms with van der Waals surface area (Å²) >= 11 is 3.32. The van der Waals surface area contributed by atoms with Crippen LogP contribution in [0.15, 0.2) is 53.3 Å². The summed E-state index contributed by atoms with van der Waals surface area (Å²) in [4.78, 5) is 15.6. The van der Waals surface area contributed by atoms with Gasteiger partial charge in [-0.25, -0.2) is 9.78 Å². The normalized spacial score (nSPS) is 9.95. The van der Waals surface area contributed by atoms with E-state index >= 15 is 0 Å². The minimum Gasteiger partial charge on any atom is -0.445 e. The van der Waals surface area contributed by atoms with Gasteiger partial charge in [0.2, 0.25) is 0 Å². The fourth-order valence-corrected chi connectivity index (χ4v) is 1.88. The second kappa shape index (κ2) is 6.89. The van der Waals surface area contributed by atoms with Crippen LogP contribution in [0.25, 0.3) is 0 Å². The predicted octanol–water partition coefficient (Wildman–Crippen LogP) is 3.27. The maximum atomic E-state index is 11.5. The molecule has 0 radical (unpaired) electrons. The van der Waals surface area contributed by atoms with E-state index in [0.29, 0.717) is 6.54 Å². The summed E-state index contributed by atoms with van der Waals surface area (Å²) in [6, 6.07) is 13.2. The van der Waals surface area contributed by atoms with Crippen molar-refractivity contribution in [2.24, 2.45) is 0 Å². The largest absolute Gasteiger partial charge is 0.445 e. The standard InChI is InChI=1S/C14H13BrN2O2/c15-13-12(7-4-8-16-13)9-17-14(18)19-10-11-5-2-1-3-6-11/h1-8H,9-10H2,(H,17,18). The number of pyridine rings is 1. The van der Waals surface area contributed by atoms with Crippen LogP contribution in [-0.4, -0.2) is 11.1 Å². The number of halogens is 1. The number of alkyl carbamates (subject to hydrolysis) is 1. The molecule has 0 unspecified atom stereocenters. The number of nitrogens with one attached hydrogen (secondary N) is 1. The van der Waals surface area contributed by atoms with Crippen LogP contribution in [0.1, 0.15) is 11.1 Å². The third kappa shape index (κ3) is 4.37. The molecule has 5 heteroatoms. The van der Waals surface area contributed by atoms with Crippen molar-refractivity contribution in [1.82, 2.24) is 10.3 Å². The van der Waals surface area contributed by atoms with Crippen LogP contribution in [-0.2, 0) is 17.9 Å². The summed E-state index contributed by atoms with van der Waals surface area (Å²) in [5, 5.41) is 2.68. The third-order valence-corrected chi connectivity index (χ3v) is 3.19. The van der Waals surface area contributed by atoms with Gasteiger partial charge in [-0.3, -0.25) is 0 Å². The highest BCUT2D eigenvalue weighted by Gasteiger charge is 2.04. The molecule has 98 valence electrons. The number of amides is 1. The molecule has 1 aromatic carbocycles. The first-order chi connectivity index (χ1) is 9.25. The molecule has 1 aromatic heterocycles. The first-order valence-corrected chi connectivity index (χ1v) is 6.59. The average molecular weight is 321 g/mol. The quantitative estimate of drug-likeness (QED) is 0.879. The molecule has 0 fully saturated rings. The molecule has 0 saturated heterocycles. The number of ether oxygens (including phenoxy) is 1. The van der Waals surface area contributed by atoms with Crippen molar-refractivity contribution in [3.63, 3.8) is 0 Å². The van der Waals surface area contributed by atoms with Crippen molar-refractivity contribution in [2.45, 2.75) is 13.2 Å². The van der Waals surface area contributed by atoms with E-state index < -0.39 is 6.09 Å².